The number of unbranched alkanes of at least 4 members (excludes halogenated alkanes) is 1. The number of carbonyl (C=O) groups excluding carboxylic acids is 1. The van der Waals surface area contributed by atoms with Gasteiger partial charge < -0.3 is 10.2 Å². The fourth-order valence-corrected chi connectivity index (χ4v) is 3.35. The standard InChI is InChI=1S/C20H29N5O/c1-2-3-12-24(15-18-8-4-5-11-22-18)20(26)16-25-13-9-19(23-25)17-7-6-10-21-14-17/h4-5,8-9,11,13,17,21H,2-3,6-7,10,12,14-16H2,1H3. The summed E-state index contributed by atoms with van der Waals surface area (Å²) < 4.78 is 1.78. The van der Waals surface area contributed by atoms with E-state index in [2.05, 4.69) is 28.4 Å². The molecule has 0 aromatic carbocycles. The predicted octanol–water partition coefficient (Wildman–Crippen LogP) is 2.57. The van der Waals surface area contributed by atoms with Crippen LogP contribution < -0.4 is 5.32 Å². The molecule has 140 valence electrons. The Kier molecular flexibility index (Phi) is 6.77. The zero-order valence-electron chi connectivity index (χ0n) is 15.6. The lowest BCUT2D eigenvalue weighted by Gasteiger charge is -2.22. The topological polar surface area (TPSA) is 63.1 Å². The van der Waals surface area contributed by atoms with E-state index < -0.39 is 0 Å². The highest BCUT2D eigenvalue weighted by Gasteiger charge is 2.19. The molecule has 2 aromatic heterocycles. The predicted molar refractivity (Wildman–Crippen MR) is 102 cm³/mol. The summed E-state index contributed by atoms with van der Waals surface area (Å²) in [4.78, 5) is 19.1. The van der Waals surface area contributed by atoms with Crippen molar-refractivity contribution in [2.24, 2.45) is 0 Å². The highest BCUT2D eigenvalue weighted by molar-refractivity contribution is 5.75. The average Bonchev–Trinajstić information content (AvgIpc) is 3.15. The van der Waals surface area contributed by atoms with Crippen LogP contribution in [0.2, 0.25) is 0 Å². The second-order valence-corrected chi connectivity index (χ2v) is 6.97. The third-order valence-corrected chi connectivity index (χ3v) is 4.89. The van der Waals surface area contributed by atoms with Crippen molar-refractivity contribution in [2.45, 2.75) is 51.6 Å². The van der Waals surface area contributed by atoms with Crippen molar-refractivity contribution < 1.29 is 4.79 Å². The number of carbonyl (C=O) groups is 1. The Labute approximate surface area is 155 Å². The van der Waals surface area contributed by atoms with E-state index in [0.717, 1.165) is 43.9 Å². The molecule has 3 rings (SSSR count). The van der Waals surface area contributed by atoms with Gasteiger partial charge in [0, 0.05) is 31.4 Å². The van der Waals surface area contributed by atoms with Gasteiger partial charge in [-0.1, -0.05) is 19.4 Å². The monoisotopic (exact) mass is 355 g/mol. The van der Waals surface area contributed by atoms with Crippen molar-refractivity contribution in [1.29, 1.82) is 0 Å². The van der Waals surface area contributed by atoms with E-state index in [1.54, 1.807) is 10.9 Å². The molecule has 1 atom stereocenters. The Bertz CT molecular complexity index is 679. The van der Waals surface area contributed by atoms with Crippen LogP contribution in [-0.2, 0) is 17.9 Å². The van der Waals surface area contributed by atoms with Gasteiger partial charge in [-0.3, -0.25) is 14.5 Å². The van der Waals surface area contributed by atoms with Gasteiger partial charge in [0.25, 0.3) is 0 Å². The molecule has 3 heterocycles. The van der Waals surface area contributed by atoms with E-state index in [0.29, 0.717) is 12.5 Å². The number of hydrogen-bond donors (Lipinski definition) is 1. The molecule has 0 saturated carbocycles. The molecule has 1 fully saturated rings. The Hall–Kier alpha value is -2.21. The minimum Gasteiger partial charge on any atom is -0.335 e. The second-order valence-electron chi connectivity index (χ2n) is 6.97. The van der Waals surface area contributed by atoms with E-state index in [1.807, 2.05) is 29.3 Å². The number of piperidine rings is 1. The van der Waals surface area contributed by atoms with Crippen LogP contribution in [0.1, 0.15) is 49.9 Å². The lowest BCUT2D eigenvalue weighted by molar-refractivity contribution is -0.132. The zero-order chi connectivity index (χ0) is 18.2. The van der Waals surface area contributed by atoms with Crippen LogP contribution in [0.25, 0.3) is 0 Å². The van der Waals surface area contributed by atoms with E-state index in [-0.39, 0.29) is 12.5 Å². The van der Waals surface area contributed by atoms with Crippen LogP contribution in [0.5, 0.6) is 0 Å². The summed E-state index contributed by atoms with van der Waals surface area (Å²) in [6.07, 6.45) is 8.12. The number of amides is 1. The summed E-state index contributed by atoms with van der Waals surface area (Å²) >= 11 is 0. The molecule has 0 radical (unpaired) electrons. The van der Waals surface area contributed by atoms with Crippen molar-refractivity contribution in [3.8, 4) is 0 Å². The molecule has 1 aliphatic heterocycles. The number of hydrogen-bond acceptors (Lipinski definition) is 4. The minimum atomic E-state index is 0.0977. The second kappa shape index (κ2) is 9.48. The number of rotatable bonds is 8. The molecule has 6 heteroatoms. The fraction of sp³-hybridized carbons (Fsp3) is 0.550. The zero-order valence-corrected chi connectivity index (χ0v) is 15.6. The van der Waals surface area contributed by atoms with Gasteiger partial charge in [-0.05, 0) is 44.0 Å². The average molecular weight is 355 g/mol. The maximum Gasteiger partial charge on any atom is 0.244 e. The van der Waals surface area contributed by atoms with E-state index >= 15 is 0 Å². The molecule has 1 aliphatic rings. The van der Waals surface area contributed by atoms with E-state index in [9.17, 15) is 4.79 Å². The normalized spacial score (nSPS) is 17.2. The van der Waals surface area contributed by atoms with Gasteiger partial charge >= 0.3 is 0 Å². The Morgan fingerprint density at radius 2 is 2.31 bits per heavy atom. The fourth-order valence-electron chi connectivity index (χ4n) is 3.35. The molecule has 1 N–H and O–H groups in total. The molecule has 2 aromatic rings. The smallest absolute Gasteiger partial charge is 0.244 e. The molecule has 0 spiro atoms. The SMILES string of the molecule is CCCCN(Cc1ccccn1)C(=O)Cn1ccc(C2CCCNC2)n1. The van der Waals surface area contributed by atoms with Crippen LogP contribution in [-0.4, -0.2) is 45.2 Å². The van der Waals surface area contributed by atoms with Crippen molar-refractivity contribution in [3.05, 3.63) is 48.0 Å². The quantitative estimate of drug-likeness (QED) is 0.790. The van der Waals surface area contributed by atoms with Crippen LogP contribution in [0.3, 0.4) is 0 Å². The molecular formula is C20H29N5O. The Balaban J connectivity index is 1.62. The third kappa shape index (κ3) is 5.14. The Morgan fingerprint density at radius 1 is 1.38 bits per heavy atom. The van der Waals surface area contributed by atoms with Gasteiger partial charge in [0.2, 0.25) is 5.91 Å². The van der Waals surface area contributed by atoms with Gasteiger partial charge in [0.05, 0.1) is 17.9 Å². The van der Waals surface area contributed by atoms with Gasteiger partial charge in [0.1, 0.15) is 6.54 Å². The lowest BCUT2D eigenvalue weighted by Crippen LogP contribution is -2.34. The first kappa shape index (κ1) is 18.6. The molecule has 1 saturated heterocycles. The summed E-state index contributed by atoms with van der Waals surface area (Å²) in [5.74, 6) is 0.560. The van der Waals surface area contributed by atoms with Gasteiger partial charge in [0.15, 0.2) is 0 Å². The molecule has 26 heavy (non-hydrogen) atoms. The lowest BCUT2D eigenvalue weighted by atomic mass is 9.97. The summed E-state index contributed by atoms with van der Waals surface area (Å²) in [7, 11) is 0. The maximum atomic E-state index is 12.8. The van der Waals surface area contributed by atoms with E-state index in [1.165, 1.54) is 12.8 Å². The number of nitrogens with one attached hydrogen (secondary N) is 1. The van der Waals surface area contributed by atoms with E-state index in [4.69, 9.17) is 0 Å². The highest BCUT2D eigenvalue weighted by Crippen LogP contribution is 2.21. The number of pyridine rings is 1. The number of aromatic nitrogens is 3. The van der Waals surface area contributed by atoms with Gasteiger partial charge in [-0.2, -0.15) is 5.10 Å². The van der Waals surface area contributed by atoms with Crippen LogP contribution in [0.4, 0.5) is 0 Å². The van der Waals surface area contributed by atoms with Crippen molar-refractivity contribution in [2.75, 3.05) is 19.6 Å². The van der Waals surface area contributed by atoms with Crippen molar-refractivity contribution in [3.63, 3.8) is 0 Å². The molecule has 6 nitrogen and oxygen atoms in total. The maximum absolute atomic E-state index is 12.8. The van der Waals surface area contributed by atoms with Crippen molar-refractivity contribution in [1.82, 2.24) is 25.0 Å². The molecule has 1 unspecified atom stereocenters. The summed E-state index contributed by atoms with van der Waals surface area (Å²) in [6.45, 7) is 5.81. The molecule has 0 aliphatic carbocycles. The summed E-state index contributed by atoms with van der Waals surface area (Å²) in [5.41, 5.74) is 2.02. The molecule has 0 bridgehead atoms. The molecular weight excluding hydrogens is 326 g/mol. The first-order valence-corrected chi connectivity index (χ1v) is 9.68. The largest absolute Gasteiger partial charge is 0.335 e. The van der Waals surface area contributed by atoms with Crippen LogP contribution >= 0.6 is 0 Å². The summed E-state index contributed by atoms with van der Waals surface area (Å²) in [6, 6.07) is 7.88. The van der Waals surface area contributed by atoms with Crippen molar-refractivity contribution >= 4 is 5.91 Å². The van der Waals surface area contributed by atoms with Gasteiger partial charge in [-0.25, -0.2) is 0 Å². The van der Waals surface area contributed by atoms with Crippen LogP contribution in [0.15, 0.2) is 36.7 Å². The Morgan fingerprint density at radius 3 is 3.04 bits per heavy atom. The van der Waals surface area contributed by atoms with Gasteiger partial charge in [-0.15, -0.1) is 0 Å². The highest BCUT2D eigenvalue weighted by atomic mass is 16.2. The first-order valence-electron chi connectivity index (χ1n) is 9.68. The van der Waals surface area contributed by atoms with Crippen LogP contribution in [0, 0.1) is 0 Å². The summed E-state index contributed by atoms with van der Waals surface area (Å²) in [5, 5.41) is 8.08. The third-order valence-electron chi connectivity index (χ3n) is 4.89. The number of nitrogens with zero attached hydrogens (tertiary/aromatic N) is 4. The minimum absolute atomic E-state index is 0.0977. The molecule has 1 amide bonds. The first-order chi connectivity index (χ1) is 12.8.